The summed E-state index contributed by atoms with van der Waals surface area (Å²) in [6.07, 6.45) is 3.59. The molecule has 0 saturated carbocycles. The molecule has 0 aliphatic carbocycles. The molecule has 1 N–H and O–H groups in total. The maximum absolute atomic E-state index is 11.9. The summed E-state index contributed by atoms with van der Waals surface area (Å²) in [5.41, 5.74) is 4.51. The number of aryl methyl sites for hydroxylation is 1. The third kappa shape index (κ3) is 4.05. The van der Waals surface area contributed by atoms with Crippen molar-refractivity contribution < 1.29 is 14.3 Å². The van der Waals surface area contributed by atoms with Gasteiger partial charge in [0.15, 0.2) is 6.61 Å². The van der Waals surface area contributed by atoms with Crippen LogP contribution >= 0.6 is 15.9 Å². The molecule has 0 aliphatic rings. The van der Waals surface area contributed by atoms with Gasteiger partial charge in [-0.3, -0.25) is 4.79 Å². The molecule has 3 rings (SSSR count). The van der Waals surface area contributed by atoms with Crippen LogP contribution in [0.2, 0.25) is 0 Å². The number of hydrogen-bond acceptors (Lipinski definition) is 4. The standard InChI is InChI=1S/C19H18BrN3O3/c1-23-11-13(15-5-3-4-6-17(15)23)10-21-22-19(24)12-26-18-8-7-14(25-2)9-16(18)20/h3-11H,12H2,1-2H3,(H,22,24)/b21-10-. The van der Waals surface area contributed by atoms with Gasteiger partial charge in [-0.15, -0.1) is 0 Å². The van der Waals surface area contributed by atoms with E-state index in [4.69, 9.17) is 9.47 Å². The average molecular weight is 416 g/mol. The van der Waals surface area contributed by atoms with Crippen molar-refractivity contribution in [2.75, 3.05) is 13.7 Å². The number of hydrazone groups is 1. The first-order chi connectivity index (χ1) is 12.6. The average Bonchev–Trinajstić information content (AvgIpc) is 2.97. The molecule has 0 aliphatic heterocycles. The van der Waals surface area contributed by atoms with Gasteiger partial charge < -0.3 is 14.0 Å². The maximum atomic E-state index is 11.9. The number of nitrogens with zero attached hydrogens (tertiary/aromatic N) is 2. The van der Waals surface area contributed by atoms with Crippen molar-refractivity contribution in [1.82, 2.24) is 9.99 Å². The lowest BCUT2D eigenvalue weighted by Crippen LogP contribution is -2.24. The molecule has 6 nitrogen and oxygen atoms in total. The second kappa shape index (κ2) is 8.05. The fourth-order valence-electron chi connectivity index (χ4n) is 2.55. The van der Waals surface area contributed by atoms with Crippen molar-refractivity contribution in [2.24, 2.45) is 12.1 Å². The Bertz CT molecular complexity index is 966. The normalized spacial score (nSPS) is 11.0. The highest BCUT2D eigenvalue weighted by atomic mass is 79.9. The molecule has 1 heterocycles. The Morgan fingerprint density at radius 3 is 2.88 bits per heavy atom. The summed E-state index contributed by atoms with van der Waals surface area (Å²) in [7, 11) is 3.56. The van der Waals surface area contributed by atoms with E-state index in [1.54, 1.807) is 31.5 Å². The molecule has 0 spiro atoms. The molecule has 0 saturated heterocycles. The smallest absolute Gasteiger partial charge is 0.277 e. The second-order valence-corrected chi connectivity index (χ2v) is 6.45. The van der Waals surface area contributed by atoms with Gasteiger partial charge >= 0.3 is 0 Å². The Morgan fingerprint density at radius 2 is 2.12 bits per heavy atom. The second-order valence-electron chi connectivity index (χ2n) is 5.59. The van der Waals surface area contributed by atoms with Crippen LogP contribution in [0.3, 0.4) is 0 Å². The molecule has 1 amide bonds. The van der Waals surface area contributed by atoms with Crippen molar-refractivity contribution in [3.8, 4) is 11.5 Å². The van der Waals surface area contributed by atoms with Crippen LogP contribution in [0.25, 0.3) is 10.9 Å². The first-order valence-electron chi connectivity index (χ1n) is 7.91. The first-order valence-corrected chi connectivity index (χ1v) is 8.70. The van der Waals surface area contributed by atoms with E-state index in [2.05, 4.69) is 26.5 Å². The summed E-state index contributed by atoms with van der Waals surface area (Å²) in [4.78, 5) is 11.9. The predicted molar refractivity (Wildman–Crippen MR) is 105 cm³/mol. The molecule has 7 heteroatoms. The van der Waals surface area contributed by atoms with Crippen molar-refractivity contribution in [3.63, 3.8) is 0 Å². The zero-order valence-corrected chi connectivity index (χ0v) is 16.0. The summed E-state index contributed by atoms with van der Waals surface area (Å²) in [6.45, 7) is -0.141. The largest absolute Gasteiger partial charge is 0.497 e. The number of methoxy groups -OCH3 is 1. The zero-order chi connectivity index (χ0) is 18.5. The lowest BCUT2D eigenvalue weighted by atomic mass is 10.2. The van der Waals surface area contributed by atoms with Gasteiger partial charge in [0.05, 0.1) is 17.8 Å². The van der Waals surface area contributed by atoms with Crippen molar-refractivity contribution in [2.45, 2.75) is 0 Å². The number of aromatic nitrogens is 1. The zero-order valence-electron chi connectivity index (χ0n) is 14.4. The minimum Gasteiger partial charge on any atom is -0.497 e. The van der Waals surface area contributed by atoms with Gasteiger partial charge in [0.25, 0.3) is 5.91 Å². The van der Waals surface area contributed by atoms with Crippen molar-refractivity contribution in [1.29, 1.82) is 0 Å². The highest BCUT2D eigenvalue weighted by molar-refractivity contribution is 9.10. The van der Waals surface area contributed by atoms with Crippen LogP contribution in [-0.2, 0) is 11.8 Å². The van der Waals surface area contributed by atoms with Crippen LogP contribution in [0, 0.1) is 0 Å². The monoisotopic (exact) mass is 415 g/mol. The number of carbonyl (C=O) groups is 1. The highest BCUT2D eigenvalue weighted by Gasteiger charge is 2.07. The van der Waals surface area contributed by atoms with Crippen molar-refractivity contribution in [3.05, 3.63) is 58.7 Å². The lowest BCUT2D eigenvalue weighted by molar-refractivity contribution is -0.123. The Kier molecular flexibility index (Phi) is 5.58. The van der Waals surface area contributed by atoms with Crippen LogP contribution < -0.4 is 14.9 Å². The molecule has 0 bridgehead atoms. The van der Waals surface area contributed by atoms with Crippen LogP contribution in [-0.4, -0.2) is 30.4 Å². The number of ether oxygens (including phenoxy) is 2. The first kappa shape index (κ1) is 18.0. The van der Waals surface area contributed by atoms with Crippen LogP contribution in [0.4, 0.5) is 0 Å². The fraction of sp³-hybridized carbons (Fsp3) is 0.158. The maximum Gasteiger partial charge on any atom is 0.277 e. The Balaban J connectivity index is 1.58. The predicted octanol–water partition coefficient (Wildman–Crippen LogP) is 3.48. The topological polar surface area (TPSA) is 64.8 Å². The molecule has 134 valence electrons. The Morgan fingerprint density at radius 1 is 1.31 bits per heavy atom. The van der Waals surface area contributed by atoms with Gasteiger partial charge in [0.2, 0.25) is 0 Å². The minimum absolute atomic E-state index is 0.141. The van der Waals surface area contributed by atoms with E-state index in [0.29, 0.717) is 16.0 Å². The molecule has 0 radical (unpaired) electrons. The van der Waals surface area contributed by atoms with E-state index in [0.717, 1.165) is 16.5 Å². The van der Waals surface area contributed by atoms with E-state index < -0.39 is 0 Å². The van der Waals surface area contributed by atoms with Crippen LogP contribution in [0.1, 0.15) is 5.56 Å². The third-order valence-corrected chi connectivity index (χ3v) is 4.44. The number of halogens is 1. The summed E-state index contributed by atoms with van der Waals surface area (Å²) in [6, 6.07) is 13.3. The molecular weight excluding hydrogens is 398 g/mol. The minimum atomic E-state index is -0.343. The van der Waals surface area contributed by atoms with Gasteiger partial charge in [0.1, 0.15) is 11.5 Å². The molecular formula is C19H18BrN3O3. The van der Waals surface area contributed by atoms with Gasteiger partial charge in [-0.1, -0.05) is 18.2 Å². The number of carbonyl (C=O) groups excluding carboxylic acids is 1. The molecule has 26 heavy (non-hydrogen) atoms. The number of amides is 1. The summed E-state index contributed by atoms with van der Waals surface area (Å²) < 4.78 is 13.3. The SMILES string of the molecule is COc1ccc(OCC(=O)N/N=C\c2cn(C)c3ccccc23)c(Br)c1. The van der Waals surface area contributed by atoms with E-state index in [-0.39, 0.29) is 12.5 Å². The van der Waals surface area contributed by atoms with Gasteiger partial charge in [-0.05, 0) is 40.2 Å². The van der Waals surface area contributed by atoms with Crippen LogP contribution in [0.15, 0.2) is 58.2 Å². The fourth-order valence-corrected chi connectivity index (χ4v) is 3.02. The third-order valence-electron chi connectivity index (χ3n) is 3.82. The number of benzene rings is 2. The quantitative estimate of drug-likeness (QED) is 0.495. The van der Waals surface area contributed by atoms with Gasteiger partial charge in [0, 0.05) is 29.7 Å². The highest BCUT2D eigenvalue weighted by Crippen LogP contribution is 2.29. The Labute approximate surface area is 159 Å². The van der Waals surface area contributed by atoms with E-state index >= 15 is 0 Å². The molecule has 3 aromatic rings. The van der Waals surface area contributed by atoms with E-state index in [1.165, 1.54) is 0 Å². The summed E-state index contributed by atoms with van der Waals surface area (Å²) in [5, 5.41) is 5.09. The number of fused-ring (bicyclic) bond motifs is 1. The molecule has 0 fully saturated rings. The number of nitrogens with one attached hydrogen (secondary N) is 1. The van der Waals surface area contributed by atoms with Gasteiger partial charge in [-0.25, -0.2) is 5.43 Å². The van der Waals surface area contributed by atoms with Crippen molar-refractivity contribution >= 4 is 39.0 Å². The van der Waals surface area contributed by atoms with Crippen LogP contribution in [0.5, 0.6) is 11.5 Å². The lowest BCUT2D eigenvalue weighted by Gasteiger charge is -2.08. The Hall–Kier alpha value is -2.80. The number of para-hydroxylation sites is 1. The number of hydrogen-bond donors (Lipinski definition) is 1. The molecule has 1 aromatic heterocycles. The molecule has 2 aromatic carbocycles. The summed E-state index contributed by atoms with van der Waals surface area (Å²) in [5.74, 6) is 0.913. The van der Waals surface area contributed by atoms with Gasteiger partial charge in [-0.2, -0.15) is 5.10 Å². The summed E-state index contributed by atoms with van der Waals surface area (Å²) >= 11 is 3.38. The number of rotatable bonds is 6. The molecule has 0 atom stereocenters. The van der Waals surface area contributed by atoms with E-state index in [9.17, 15) is 4.79 Å². The van der Waals surface area contributed by atoms with E-state index in [1.807, 2.05) is 42.1 Å². The molecule has 0 unspecified atom stereocenters.